The molecule has 34 heavy (non-hydrogen) atoms. The van der Waals surface area contributed by atoms with Crippen molar-refractivity contribution in [1.82, 2.24) is 14.9 Å². The minimum Gasteiger partial charge on any atom is -0.486 e. The van der Waals surface area contributed by atoms with E-state index in [1.54, 1.807) is 10.7 Å². The minimum absolute atomic E-state index is 0.150. The molecule has 0 unspecified atom stereocenters. The van der Waals surface area contributed by atoms with Gasteiger partial charge in [0.05, 0.1) is 6.04 Å². The standard InChI is InChI=1S/C25H22ClN5O2S/c1-16-12-13-18(14-20(16)26)27-24(32)23-22(17-8-4-2-5-9-17)30-31-21(28-29-25(31)34-23)15-33-19-10-6-3-7-11-19/h2-14,22-23,30H,15H2,1H3,(H,27,32)/t22-,23+/m1/s1. The van der Waals surface area contributed by atoms with E-state index in [2.05, 4.69) is 20.9 Å². The van der Waals surface area contributed by atoms with E-state index in [1.165, 1.54) is 11.8 Å². The Morgan fingerprint density at radius 1 is 1.09 bits per heavy atom. The van der Waals surface area contributed by atoms with E-state index in [-0.39, 0.29) is 18.6 Å². The number of nitrogens with zero attached hydrogens (tertiary/aromatic N) is 3. The van der Waals surface area contributed by atoms with Crippen LogP contribution in [0.2, 0.25) is 5.02 Å². The van der Waals surface area contributed by atoms with E-state index in [4.69, 9.17) is 16.3 Å². The van der Waals surface area contributed by atoms with Gasteiger partial charge in [-0.3, -0.25) is 4.79 Å². The van der Waals surface area contributed by atoms with Gasteiger partial charge in [-0.2, -0.15) is 0 Å². The number of hydrogen-bond acceptors (Lipinski definition) is 6. The minimum atomic E-state index is -0.484. The zero-order chi connectivity index (χ0) is 23.5. The fraction of sp³-hybridized carbons (Fsp3) is 0.160. The van der Waals surface area contributed by atoms with Crippen molar-refractivity contribution in [3.05, 3.63) is 101 Å². The smallest absolute Gasteiger partial charge is 0.240 e. The van der Waals surface area contributed by atoms with Crippen molar-refractivity contribution in [2.45, 2.75) is 30.0 Å². The predicted octanol–water partition coefficient (Wildman–Crippen LogP) is 5.22. The topological polar surface area (TPSA) is 81.1 Å². The molecule has 5 rings (SSSR count). The third kappa shape index (κ3) is 4.73. The van der Waals surface area contributed by atoms with Crippen LogP contribution in [0.15, 0.2) is 84.0 Å². The number of hydrogen-bond donors (Lipinski definition) is 2. The highest BCUT2D eigenvalue weighted by atomic mass is 35.5. The maximum atomic E-state index is 13.4. The highest BCUT2D eigenvalue weighted by Crippen LogP contribution is 2.37. The van der Waals surface area contributed by atoms with E-state index in [0.29, 0.717) is 21.7 Å². The highest BCUT2D eigenvalue weighted by molar-refractivity contribution is 8.00. The Kier molecular flexibility index (Phi) is 6.42. The van der Waals surface area contributed by atoms with Crippen molar-refractivity contribution in [2.24, 2.45) is 0 Å². The normalized spacial score (nSPS) is 16.9. The van der Waals surface area contributed by atoms with Crippen molar-refractivity contribution in [3.8, 4) is 5.75 Å². The van der Waals surface area contributed by atoms with Crippen LogP contribution in [0.4, 0.5) is 5.69 Å². The molecule has 4 aromatic rings. The van der Waals surface area contributed by atoms with Gasteiger partial charge >= 0.3 is 0 Å². The average Bonchev–Trinajstić information content (AvgIpc) is 3.27. The SMILES string of the molecule is Cc1ccc(NC(=O)[C@H]2Sc3nnc(COc4ccccc4)n3N[C@@H]2c2ccccc2)cc1Cl. The van der Waals surface area contributed by atoms with Gasteiger partial charge in [0.2, 0.25) is 11.1 Å². The number of carbonyl (C=O) groups is 1. The number of amides is 1. The molecule has 1 aliphatic heterocycles. The predicted molar refractivity (Wildman–Crippen MR) is 134 cm³/mol. The first-order valence-corrected chi connectivity index (χ1v) is 12.0. The Hall–Kier alpha value is -3.49. The maximum Gasteiger partial charge on any atom is 0.240 e. The maximum absolute atomic E-state index is 13.4. The van der Waals surface area contributed by atoms with Crippen LogP contribution in [0.25, 0.3) is 0 Å². The van der Waals surface area contributed by atoms with Gasteiger partial charge in [0.1, 0.15) is 17.6 Å². The first kappa shape index (κ1) is 22.3. The van der Waals surface area contributed by atoms with E-state index in [1.807, 2.05) is 79.7 Å². The summed E-state index contributed by atoms with van der Waals surface area (Å²) in [6.07, 6.45) is 0. The van der Waals surface area contributed by atoms with Gasteiger partial charge in [-0.25, -0.2) is 4.68 Å². The Morgan fingerprint density at radius 2 is 1.82 bits per heavy atom. The monoisotopic (exact) mass is 491 g/mol. The molecule has 0 radical (unpaired) electrons. The first-order chi connectivity index (χ1) is 16.6. The van der Waals surface area contributed by atoms with Gasteiger partial charge in [0, 0.05) is 10.7 Å². The number of halogens is 1. The third-order valence-corrected chi connectivity index (χ3v) is 7.09. The number of aryl methyl sites for hydroxylation is 1. The van der Waals surface area contributed by atoms with Crippen LogP contribution in [0, 0.1) is 6.92 Å². The molecule has 0 spiro atoms. The summed E-state index contributed by atoms with van der Waals surface area (Å²) in [7, 11) is 0. The van der Waals surface area contributed by atoms with Gasteiger partial charge < -0.3 is 15.5 Å². The van der Waals surface area contributed by atoms with Gasteiger partial charge in [-0.15, -0.1) is 10.2 Å². The van der Waals surface area contributed by atoms with Crippen LogP contribution in [-0.4, -0.2) is 26.0 Å². The largest absolute Gasteiger partial charge is 0.486 e. The summed E-state index contributed by atoms with van der Waals surface area (Å²) in [5.41, 5.74) is 6.02. The van der Waals surface area contributed by atoms with Gasteiger partial charge in [-0.05, 0) is 42.3 Å². The molecule has 0 aliphatic carbocycles. The van der Waals surface area contributed by atoms with E-state index >= 15 is 0 Å². The molecule has 2 N–H and O–H groups in total. The van der Waals surface area contributed by atoms with Gasteiger partial charge in [0.15, 0.2) is 5.82 Å². The van der Waals surface area contributed by atoms with Crippen molar-refractivity contribution in [2.75, 3.05) is 10.7 Å². The van der Waals surface area contributed by atoms with Crippen LogP contribution < -0.4 is 15.5 Å². The summed E-state index contributed by atoms with van der Waals surface area (Å²) in [6.45, 7) is 2.16. The zero-order valence-electron chi connectivity index (χ0n) is 18.3. The number of rotatable bonds is 6. The molecule has 1 aliphatic rings. The number of aromatic nitrogens is 3. The number of benzene rings is 3. The average molecular weight is 492 g/mol. The summed E-state index contributed by atoms with van der Waals surface area (Å²) in [5.74, 6) is 1.22. The van der Waals surface area contributed by atoms with Crippen molar-refractivity contribution in [3.63, 3.8) is 0 Å². The molecule has 9 heteroatoms. The summed E-state index contributed by atoms with van der Waals surface area (Å²) >= 11 is 7.61. The molecule has 1 aromatic heterocycles. The molecular formula is C25H22ClN5O2S. The molecule has 0 saturated heterocycles. The lowest BCUT2D eigenvalue weighted by Crippen LogP contribution is -2.41. The molecule has 1 amide bonds. The summed E-state index contributed by atoms with van der Waals surface area (Å²) < 4.78 is 7.67. The molecule has 172 valence electrons. The number of para-hydroxylation sites is 1. The highest BCUT2D eigenvalue weighted by Gasteiger charge is 2.38. The summed E-state index contributed by atoms with van der Waals surface area (Å²) in [6, 6.07) is 24.6. The molecule has 2 heterocycles. The summed E-state index contributed by atoms with van der Waals surface area (Å²) in [4.78, 5) is 13.4. The van der Waals surface area contributed by atoms with E-state index in [9.17, 15) is 4.79 Å². The molecule has 0 bridgehead atoms. The number of thioether (sulfide) groups is 1. The number of carbonyl (C=O) groups excluding carboxylic acids is 1. The number of ether oxygens (including phenoxy) is 1. The quantitative estimate of drug-likeness (QED) is 0.385. The van der Waals surface area contributed by atoms with Crippen LogP contribution in [-0.2, 0) is 11.4 Å². The Balaban J connectivity index is 1.40. The van der Waals surface area contributed by atoms with Crippen LogP contribution in [0.3, 0.4) is 0 Å². The third-order valence-electron chi connectivity index (χ3n) is 5.47. The number of anilines is 1. The lowest BCUT2D eigenvalue weighted by molar-refractivity contribution is -0.116. The summed E-state index contributed by atoms with van der Waals surface area (Å²) in [5, 5.41) is 12.3. The lowest BCUT2D eigenvalue weighted by Gasteiger charge is -2.33. The number of nitrogens with one attached hydrogen (secondary N) is 2. The Labute approximate surface area is 206 Å². The second-order valence-electron chi connectivity index (χ2n) is 7.85. The Bertz CT molecular complexity index is 1300. The van der Waals surface area contributed by atoms with Crippen LogP contribution >= 0.6 is 23.4 Å². The first-order valence-electron chi connectivity index (χ1n) is 10.8. The molecule has 0 fully saturated rings. The van der Waals surface area contributed by atoms with E-state index < -0.39 is 5.25 Å². The molecular weight excluding hydrogens is 470 g/mol. The molecule has 7 nitrogen and oxygen atoms in total. The molecule has 2 atom stereocenters. The second-order valence-corrected chi connectivity index (χ2v) is 9.36. The lowest BCUT2D eigenvalue weighted by atomic mass is 10.0. The second kappa shape index (κ2) is 9.79. The van der Waals surface area contributed by atoms with Gasteiger partial charge in [-0.1, -0.05) is 78.0 Å². The van der Waals surface area contributed by atoms with Crippen molar-refractivity contribution < 1.29 is 9.53 Å². The fourth-order valence-electron chi connectivity index (χ4n) is 3.65. The van der Waals surface area contributed by atoms with Gasteiger partial charge in [0.25, 0.3) is 0 Å². The zero-order valence-corrected chi connectivity index (χ0v) is 19.9. The fourth-order valence-corrected chi connectivity index (χ4v) is 4.93. The van der Waals surface area contributed by atoms with Crippen LogP contribution in [0.1, 0.15) is 23.0 Å². The molecule has 3 aromatic carbocycles. The van der Waals surface area contributed by atoms with Crippen molar-refractivity contribution in [1.29, 1.82) is 0 Å². The van der Waals surface area contributed by atoms with E-state index in [0.717, 1.165) is 16.9 Å². The van der Waals surface area contributed by atoms with Crippen molar-refractivity contribution >= 4 is 35.0 Å². The Morgan fingerprint density at radius 3 is 2.56 bits per heavy atom. The number of fused-ring (bicyclic) bond motifs is 1. The van der Waals surface area contributed by atoms with Crippen LogP contribution in [0.5, 0.6) is 5.75 Å². The molecule has 0 saturated carbocycles.